The average Bonchev–Trinajstić information content (AvgIpc) is 2.70. The van der Waals surface area contributed by atoms with Crippen molar-refractivity contribution < 1.29 is 22.3 Å². The Morgan fingerprint density at radius 2 is 1.90 bits per heavy atom. The molecule has 0 aliphatic heterocycles. The molecule has 0 atom stereocenters. The van der Waals surface area contributed by atoms with Crippen molar-refractivity contribution in [3.8, 4) is 11.3 Å². The first kappa shape index (κ1) is 23.1. The van der Waals surface area contributed by atoms with Crippen LogP contribution in [0.5, 0.6) is 0 Å². The van der Waals surface area contributed by atoms with Crippen LogP contribution in [-0.4, -0.2) is 38.8 Å². The summed E-state index contributed by atoms with van der Waals surface area (Å²) in [5.41, 5.74) is 1.62. The van der Waals surface area contributed by atoms with E-state index < -0.39 is 15.7 Å². The minimum atomic E-state index is -3.74. The second-order valence-corrected chi connectivity index (χ2v) is 9.81. The zero-order valence-corrected chi connectivity index (χ0v) is 19.5. The zero-order chi connectivity index (χ0) is 22.6. The van der Waals surface area contributed by atoms with E-state index in [0.717, 1.165) is 10.7 Å². The monoisotopic (exact) mass is 508 g/mol. The highest BCUT2D eigenvalue weighted by Crippen LogP contribution is 2.38. The topological polar surface area (TPSA) is 85.4 Å². The van der Waals surface area contributed by atoms with E-state index >= 15 is 0 Å². The molecule has 164 valence electrons. The van der Waals surface area contributed by atoms with Crippen LogP contribution in [0.25, 0.3) is 22.2 Å². The highest BCUT2D eigenvalue weighted by atomic mass is 79.9. The van der Waals surface area contributed by atoms with Crippen molar-refractivity contribution in [1.82, 2.24) is 4.98 Å². The maximum absolute atomic E-state index is 14.0. The lowest BCUT2D eigenvalue weighted by Gasteiger charge is -2.18. The number of rotatable bonds is 8. The molecule has 3 aromatic rings. The van der Waals surface area contributed by atoms with Crippen LogP contribution in [0.4, 0.5) is 10.1 Å². The summed E-state index contributed by atoms with van der Waals surface area (Å²) in [6.45, 7) is 2.34. The zero-order valence-electron chi connectivity index (χ0n) is 17.1. The van der Waals surface area contributed by atoms with Crippen molar-refractivity contribution in [2.24, 2.45) is 0 Å². The summed E-state index contributed by atoms with van der Waals surface area (Å²) in [6.07, 6.45) is 1.71. The van der Waals surface area contributed by atoms with Gasteiger partial charge in [0.2, 0.25) is 0 Å². The summed E-state index contributed by atoms with van der Waals surface area (Å²) in [5.74, 6) is -0.825. The molecule has 0 saturated heterocycles. The molecular formula is C22H22BrFN2O4S. The fraction of sp³-hybridized carbons (Fsp3) is 0.273. The molecule has 0 bridgehead atoms. The minimum Gasteiger partial charge on any atom is -0.466 e. The van der Waals surface area contributed by atoms with Gasteiger partial charge in [0.05, 0.1) is 23.5 Å². The second-order valence-electron chi connectivity index (χ2n) is 6.94. The van der Waals surface area contributed by atoms with E-state index in [0.29, 0.717) is 36.0 Å². The molecule has 0 aliphatic rings. The minimum absolute atomic E-state index is 0.0101. The van der Waals surface area contributed by atoms with Crippen LogP contribution in [0.2, 0.25) is 0 Å². The fourth-order valence-corrected chi connectivity index (χ4v) is 4.57. The van der Waals surface area contributed by atoms with Gasteiger partial charge < -0.3 is 10.1 Å². The number of sulfone groups is 1. The number of aromatic nitrogens is 1. The number of hydrogen-bond acceptors (Lipinski definition) is 6. The van der Waals surface area contributed by atoms with Gasteiger partial charge in [0.1, 0.15) is 10.7 Å². The number of nitrogens with zero attached hydrogens (tertiary/aromatic N) is 1. The van der Waals surface area contributed by atoms with E-state index in [1.807, 2.05) is 0 Å². The van der Waals surface area contributed by atoms with Crippen molar-refractivity contribution in [2.75, 3.05) is 24.7 Å². The van der Waals surface area contributed by atoms with Crippen molar-refractivity contribution in [2.45, 2.75) is 24.7 Å². The third kappa shape index (κ3) is 5.59. The lowest BCUT2D eigenvalue weighted by Crippen LogP contribution is -2.13. The predicted octanol–water partition coefficient (Wildman–Crippen LogP) is 4.96. The molecule has 9 heteroatoms. The van der Waals surface area contributed by atoms with Gasteiger partial charge in [0, 0.05) is 34.6 Å². The Balaban J connectivity index is 2.13. The van der Waals surface area contributed by atoms with E-state index in [-0.39, 0.29) is 28.7 Å². The second kappa shape index (κ2) is 9.74. The van der Waals surface area contributed by atoms with Crippen LogP contribution in [0, 0.1) is 5.82 Å². The number of pyridine rings is 1. The van der Waals surface area contributed by atoms with Gasteiger partial charge >= 0.3 is 5.97 Å². The third-order valence-electron chi connectivity index (χ3n) is 4.56. The SMILES string of the molecule is CCOC(=O)CCCNc1c(S(C)(=O)=O)c(-c2ccc(Br)cc2)nc2ccc(F)cc12. The molecule has 0 fully saturated rings. The summed E-state index contributed by atoms with van der Waals surface area (Å²) in [5, 5.41) is 3.46. The van der Waals surface area contributed by atoms with E-state index in [1.165, 1.54) is 18.2 Å². The van der Waals surface area contributed by atoms with Crippen LogP contribution in [0.15, 0.2) is 51.8 Å². The Morgan fingerprint density at radius 3 is 2.55 bits per heavy atom. The Kier molecular flexibility index (Phi) is 7.27. The van der Waals surface area contributed by atoms with Crippen molar-refractivity contribution in [1.29, 1.82) is 0 Å². The van der Waals surface area contributed by atoms with Crippen LogP contribution in [-0.2, 0) is 19.4 Å². The maximum atomic E-state index is 14.0. The van der Waals surface area contributed by atoms with Gasteiger partial charge in [-0.05, 0) is 43.7 Å². The maximum Gasteiger partial charge on any atom is 0.305 e. The van der Waals surface area contributed by atoms with Crippen LogP contribution in [0.3, 0.4) is 0 Å². The lowest BCUT2D eigenvalue weighted by molar-refractivity contribution is -0.143. The van der Waals surface area contributed by atoms with Crippen molar-refractivity contribution in [3.63, 3.8) is 0 Å². The molecule has 0 amide bonds. The molecule has 1 heterocycles. The van der Waals surface area contributed by atoms with Gasteiger partial charge in [-0.3, -0.25) is 4.79 Å². The first-order valence-electron chi connectivity index (χ1n) is 9.69. The molecule has 0 aliphatic carbocycles. The summed E-state index contributed by atoms with van der Waals surface area (Å²) < 4.78 is 45.4. The molecule has 0 saturated carbocycles. The Labute approximate surface area is 188 Å². The number of halogens is 2. The number of benzene rings is 2. The standard InChI is InChI=1S/C22H22BrFN2O4S/c1-3-30-19(27)5-4-12-25-21-17-13-16(24)10-11-18(17)26-20(22(21)31(2,28)29)14-6-8-15(23)9-7-14/h6-11,13H,3-5,12H2,1-2H3,(H,25,26). The third-order valence-corrected chi connectivity index (χ3v) is 6.22. The van der Waals surface area contributed by atoms with E-state index in [1.54, 1.807) is 31.2 Å². The van der Waals surface area contributed by atoms with Gasteiger partial charge in [0.15, 0.2) is 9.84 Å². The number of fused-ring (bicyclic) bond motifs is 1. The van der Waals surface area contributed by atoms with Crippen molar-refractivity contribution in [3.05, 3.63) is 52.8 Å². The predicted molar refractivity (Wildman–Crippen MR) is 122 cm³/mol. The Hall–Kier alpha value is -2.52. The van der Waals surface area contributed by atoms with Crippen LogP contribution >= 0.6 is 15.9 Å². The highest BCUT2D eigenvalue weighted by Gasteiger charge is 2.24. The van der Waals surface area contributed by atoms with Gasteiger partial charge in [-0.2, -0.15) is 0 Å². The molecule has 0 radical (unpaired) electrons. The first-order chi connectivity index (χ1) is 14.7. The molecule has 1 aromatic heterocycles. The average molecular weight is 509 g/mol. The molecule has 3 rings (SSSR count). The van der Waals surface area contributed by atoms with E-state index in [9.17, 15) is 17.6 Å². The number of ether oxygens (including phenoxy) is 1. The number of hydrogen-bond donors (Lipinski definition) is 1. The van der Waals surface area contributed by atoms with E-state index in [4.69, 9.17) is 4.74 Å². The van der Waals surface area contributed by atoms with Gasteiger partial charge in [-0.1, -0.05) is 28.1 Å². The lowest BCUT2D eigenvalue weighted by atomic mass is 10.1. The molecule has 6 nitrogen and oxygen atoms in total. The van der Waals surface area contributed by atoms with Crippen molar-refractivity contribution >= 4 is 48.3 Å². The number of nitrogens with one attached hydrogen (secondary N) is 1. The molecular weight excluding hydrogens is 487 g/mol. The molecule has 1 N–H and O–H groups in total. The summed E-state index contributed by atoms with van der Waals surface area (Å²) >= 11 is 3.37. The van der Waals surface area contributed by atoms with Crippen LogP contribution in [0.1, 0.15) is 19.8 Å². The summed E-state index contributed by atoms with van der Waals surface area (Å²) in [7, 11) is -3.74. The number of esters is 1. The quantitative estimate of drug-likeness (QED) is 0.341. The first-order valence-corrected chi connectivity index (χ1v) is 12.4. The Bertz CT molecular complexity index is 1210. The van der Waals surface area contributed by atoms with Gasteiger partial charge in [-0.15, -0.1) is 0 Å². The largest absolute Gasteiger partial charge is 0.466 e. The number of anilines is 1. The number of carbonyl (C=O) groups is 1. The highest BCUT2D eigenvalue weighted by molar-refractivity contribution is 9.10. The normalized spacial score (nSPS) is 11.5. The number of carbonyl (C=O) groups excluding carboxylic acids is 1. The summed E-state index contributed by atoms with van der Waals surface area (Å²) in [4.78, 5) is 16.1. The fourth-order valence-electron chi connectivity index (χ4n) is 3.24. The van der Waals surface area contributed by atoms with Gasteiger partial charge in [-0.25, -0.2) is 17.8 Å². The molecule has 2 aromatic carbocycles. The molecule has 0 unspecified atom stereocenters. The smallest absolute Gasteiger partial charge is 0.305 e. The molecule has 31 heavy (non-hydrogen) atoms. The Morgan fingerprint density at radius 1 is 1.19 bits per heavy atom. The van der Waals surface area contributed by atoms with Gasteiger partial charge in [0.25, 0.3) is 0 Å². The van der Waals surface area contributed by atoms with Crippen LogP contribution < -0.4 is 5.32 Å². The van der Waals surface area contributed by atoms with E-state index in [2.05, 4.69) is 26.2 Å². The molecule has 0 spiro atoms. The summed E-state index contributed by atoms with van der Waals surface area (Å²) in [6, 6.07) is 11.2.